The third-order valence-electron chi connectivity index (χ3n) is 4.34. The second kappa shape index (κ2) is 17.2. The summed E-state index contributed by atoms with van der Waals surface area (Å²) >= 11 is 3.22. The van der Waals surface area contributed by atoms with Gasteiger partial charge in [0.2, 0.25) is 0 Å². The normalized spacial score (nSPS) is 21.0. The number of likely N-dealkylation sites (tertiary alicyclic amines) is 2. The molecule has 2 aliphatic rings. The van der Waals surface area contributed by atoms with E-state index < -0.39 is 0 Å². The third kappa shape index (κ3) is 15.7. The zero-order valence-corrected chi connectivity index (χ0v) is 18.2. The average molecular weight is 419 g/mol. The highest BCUT2D eigenvalue weighted by atomic mass is 79.9. The molecule has 0 unspecified atom stereocenters. The molecule has 0 aromatic rings. The number of halogens is 1. The molecule has 4 nitrogen and oxygen atoms in total. The first kappa shape index (κ1) is 24.8. The molecule has 0 radical (unpaired) electrons. The van der Waals surface area contributed by atoms with Gasteiger partial charge in [0.25, 0.3) is 0 Å². The van der Waals surface area contributed by atoms with Gasteiger partial charge in [0.1, 0.15) is 0 Å². The van der Waals surface area contributed by atoms with E-state index in [1.807, 2.05) is 32.1 Å². The monoisotopic (exact) mass is 418 g/mol. The van der Waals surface area contributed by atoms with Crippen LogP contribution in [0.1, 0.15) is 39.5 Å². The highest BCUT2D eigenvalue weighted by Gasteiger charge is 2.15. The molecule has 2 aliphatic heterocycles. The lowest BCUT2D eigenvalue weighted by Gasteiger charge is -2.28. The Morgan fingerprint density at radius 3 is 1.76 bits per heavy atom. The van der Waals surface area contributed by atoms with Crippen LogP contribution in [0, 0.1) is 0 Å². The van der Waals surface area contributed by atoms with Gasteiger partial charge in [-0.05, 0) is 53.6 Å². The van der Waals surface area contributed by atoms with Crippen molar-refractivity contribution in [3.63, 3.8) is 0 Å². The number of hydrogen-bond acceptors (Lipinski definition) is 4. The fourth-order valence-electron chi connectivity index (χ4n) is 2.52. The Hall–Kier alpha value is -0.200. The number of nitrogens with zero attached hydrogens (tertiary/aromatic N) is 2. The van der Waals surface area contributed by atoms with Crippen molar-refractivity contribution in [2.24, 2.45) is 0 Å². The lowest BCUT2D eigenvalue weighted by Crippen LogP contribution is -2.34. The number of ether oxygens (including phenoxy) is 1. The summed E-state index contributed by atoms with van der Waals surface area (Å²) in [5.74, 6) is 0. The van der Waals surface area contributed by atoms with Crippen LogP contribution in [0.15, 0.2) is 24.3 Å². The molecule has 1 N–H and O–H groups in total. The van der Waals surface area contributed by atoms with Gasteiger partial charge in [0.15, 0.2) is 0 Å². The molecule has 0 spiro atoms. The SMILES string of the molecule is C/C=C/CBr.C/C=C/COC1CCN(C)CC1.CN1CCC(O)CC1. The molecule has 0 amide bonds. The number of allylic oxidation sites excluding steroid dienone is 3. The Bertz CT molecular complexity index is 325. The summed E-state index contributed by atoms with van der Waals surface area (Å²) in [6.45, 7) is 9.29. The minimum atomic E-state index is -0.0220. The lowest BCUT2D eigenvalue weighted by molar-refractivity contribution is 0.0279. The van der Waals surface area contributed by atoms with Crippen molar-refractivity contribution in [3.8, 4) is 0 Å². The fraction of sp³-hybridized carbons (Fsp3) is 0.800. The largest absolute Gasteiger partial charge is 0.393 e. The Labute approximate surface area is 164 Å². The van der Waals surface area contributed by atoms with Gasteiger partial charge in [-0.1, -0.05) is 40.2 Å². The average Bonchev–Trinajstić information content (AvgIpc) is 2.61. The Balaban J connectivity index is 0.000000382. The van der Waals surface area contributed by atoms with Gasteiger partial charge in [0, 0.05) is 31.5 Å². The first-order valence-corrected chi connectivity index (χ1v) is 10.6. The number of piperidine rings is 2. The van der Waals surface area contributed by atoms with Crippen molar-refractivity contribution in [2.75, 3.05) is 52.2 Å². The van der Waals surface area contributed by atoms with Crippen molar-refractivity contribution in [1.29, 1.82) is 0 Å². The van der Waals surface area contributed by atoms with Crippen LogP contribution >= 0.6 is 15.9 Å². The van der Waals surface area contributed by atoms with Gasteiger partial charge in [-0.2, -0.15) is 0 Å². The maximum absolute atomic E-state index is 9.00. The molecule has 0 aliphatic carbocycles. The topological polar surface area (TPSA) is 35.9 Å². The standard InChI is InChI=1S/C10H19NO.C6H13NO.C4H7Br/c1-3-4-9-12-10-5-7-11(2)8-6-10;1-7-4-2-6(8)3-5-7;1-2-3-4-5/h3-4,10H,5-9H2,1-2H3;6,8H,2-5H2,1H3;2-3H,4H2,1H3/b4-3+;;3-2+. The molecule has 2 fully saturated rings. The predicted octanol–water partition coefficient (Wildman–Crippen LogP) is 3.70. The first-order chi connectivity index (χ1) is 12.0. The molecular formula is C20H39BrN2O2. The molecule has 2 heterocycles. The van der Waals surface area contributed by atoms with E-state index in [1.54, 1.807) is 0 Å². The highest BCUT2D eigenvalue weighted by molar-refractivity contribution is 9.09. The summed E-state index contributed by atoms with van der Waals surface area (Å²) in [7, 11) is 4.26. The van der Waals surface area contributed by atoms with Crippen molar-refractivity contribution in [1.82, 2.24) is 9.80 Å². The summed E-state index contributed by atoms with van der Waals surface area (Å²) < 4.78 is 5.66. The smallest absolute Gasteiger partial charge is 0.0651 e. The lowest BCUT2D eigenvalue weighted by atomic mass is 10.1. The zero-order chi connectivity index (χ0) is 18.9. The number of aliphatic hydroxyl groups is 1. The second-order valence-electron chi connectivity index (χ2n) is 6.66. The minimum Gasteiger partial charge on any atom is -0.393 e. The van der Waals surface area contributed by atoms with Gasteiger partial charge >= 0.3 is 0 Å². The number of rotatable bonds is 4. The van der Waals surface area contributed by atoms with Crippen LogP contribution in [0.5, 0.6) is 0 Å². The van der Waals surface area contributed by atoms with E-state index in [-0.39, 0.29) is 6.10 Å². The quantitative estimate of drug-likeness (QED) is 0.557. The summed E-state index contributed by atoms with van der Waals surface area (Å²) in [5, 5.41) is 9.98. The molecule has 2 saturated heterocycles. The molecular weight excluding hydrogens is 380 g/mol. The van der Waals surface area contributed by atoms with Crippen LogP contribution in [0.3, 0.4) is 0 Å². The fourth-order valence-corrected chi connectivity index (χ4v) is 2.90. The summed E-state index contributed by atoms with van der Waals surface area (Å²) in [6, 6.07) is 0. The number of hydrogen-bond donors (Lipinski definition) is 1. The van der Waals surface area contributed by atoms with Crippen LogP contribution in [0.2, 0.25) is 0 Å². The molecule has 148 valence electrons. The summed E-state index contributed by atoms with van der Waals surface area (Å²) in [4.78, 5) is 4.60. The van der Waals surface area contributed by atoms with Crippen LogP contribution in [0.4, 0.5) is 0 Å². The van der Waals surface area contributed by atoms with E-state index in [0.717, 1.165) is 37.9 Å². The third-order valence-corrected chi connectivity index (χ3v) is 4.72. The summed E-state index contributed by atoms with van der Waals surface area (Å²) in [6.07, 6.45) is 12.9. The van der Waals surface area contributed by atoms with E-state index in [0.29, 0.717) is 6.10 Å². The maximum Gasteiger partial charge on any atom is 0.0651 e. The Kier molecular flexibility index (Phi) is 17.1. The van der Waals surface area contributed by atoms with Gasteiger partial charge < -0.3 is 19.6 Å². The van der Waals surface area contributed by atoms with E-state index in [9.17, 15) is 0 Å². The van der Waals surface area contributed by atoms with E-state index >= 15 is 0 Å². The van der Waals surface area contributed by atoms with E-state index in [1.165, 1.54) is 25.9 Å². The molecule has 0 atom stereocenters. The maximum atomic E-state index is 9.00. The van der Waals surface area contributed by atoms with Crippen molar-refractivity contribution in [3.05, 3.63) is 24.3 Å². The van der Waals surface area contributed by atoms with Gasteiger partial charge in [0.05, 0.1) is 18.8 Å². The molecule has 0 saturated carbocycles. The van der Waals surface area contributed by atoms with E-state index in [2.05, 4.69) is 45.9 Å². The molecule has 25 heavy (non-hydrogen) atoms. The molecule has 0 aromatic heterocycles. The highest BCUT2D eigenvalue weighted by Crippen LogP contribution is 2.11. The molecule has 0 aromatic carbocycles. The molecule has 0 bridgehead atoms. The van der Waals surface area contributed by atoms with Crippen LogP contribution in [-0.4, -0.2) is 79.3 Å². The Morgan fingerprint density at radius 2 is 1.40 bits per heavy atom. The van der Waals surface area contributed by atoms with Crippen molar-refractivity contribution >= 4 is 15.9 Å². The number of aliphatic hydroxyl groups excluding tert-OH is 1. The van der Waals surface area contributed by atoms with Crippen molar-refractivity contribution in [2.45, 2.75) is 51.7 Å². The van der Waals surface area contributed by atoms with Gasteiger partial charge in [-0.3, -0.25) is 0 Å². The molecule has 2 rings (SSSR count). The van der Waals surface area contributed by atoms with Crippen LogP contribution < -0.4 is 0 Å². The second-order valence-corrected chi connectivity index (χ2v) is 7.31. The van der Waals surface area contributed by atoms with Crippen LogP contribution in [-0.2, 0) is 4.74 Å². The first-order valence-electron chi connectivity index (χ1n) is 9.48. The van der Waals surface area contributed by atoms with Crippen LogP contribution in [0.25, 0.3) is 0 Å². The van der Waals surface area contributed by atoms with E-state index in [4.69, 9.17) is 9.84 Å². The van der Waals surface area contributed by atoms with Gasteiger partial charge in [-0.15, -0.1) is 0 Å². The minimum absolute atomic E-state index is 0.0220. The Morgan fingerprint density at radius 1 is 0.920 bits per heavy atom. The zero-order valence-electron chi connectivity index (χ0n) is 16.7. The van der Waals surface area contributed by atoms with Crippen molar-refractivity contribution < 1.29 is 9.84 Å². The van der Waals surface area contributed by atoms with Gasteiger partial charge in [-0.25, -0.2) is 0 Å². The number of alkyl halides is 1. The molecule has 5 heteroatoms. The predicted molar refractivity (Wildman–Crippen MR) is 113 cm³/mol. The summed E-state index contributed by atoms with van der Waals surface area (Å²) in [5.41, 5.74) is 0.